The van der Waals surface area contributed by atoms with Crippen LogP contribution in [0, 0.1) is 6.92 Å². The van der Waals surface area contributed by atoms with Crippen molar-refractivity contribution in [2.45, 2.75) is 19.8 Å². The van der Waals surface area contributed by atoms with Gasteiger partial charge in [0.25, 0.3) is 5.91 Å². The van der Waals surface area contributed by atoms with Crippen molar-refractivity contribution < 1.29 is 19.1 Å². The third-order valence-corrected chi connectivity index (χ3v) is 2.67. The summed E-state index contributed by atoms with van der Waals surface area (Å²) in [5.74, 6) is -0.921. The molecule has 19 heavy (non-hydrogen) atoms. The molecule has 0 saturated heterocycles. The number of carbonyl (C=O) groups excluding carboxylic acids is 3. The molecule has 0 fully saturated rings. The first-order chi connectivity index (χ1) is 9.04. The van der Waals surface area contributed by atoms with Crippen LogP contribution in [0.15, 0.2) is 24.3 Å². The topological polar surface area (TPSA) is 72.5 Å². The molecule has 102 valence electrons. The van der Waals surface area contributed by atoms with Crippen LogP contribution in [0.25, 0.3) is 0 Å². The molecule has 5 heteroatoms. The molecule has 0 spiro atoms. The van der Waals surface area contributed by atoms with Crippen molar-refractivity contribution in [2.24, 2.45) is 0 Å². The Morgan fingerprint density at radius 1 is 1.16 bits per heavy atom. The third kappa shape index (κ3) is 4.91. The molecule has 1 rings (SSSR count). The fraction of sp³-hybridized carbons (Fsp3) is 0.357. The Morgan fingerprint density at radius 2 is 1.84 bits per heavy atom. The van der Waals surface area contributed by atoms with Crippen LogP contribution in [0.1, 0.15) is 28.8 Å². The average molecular weight is 263 g/mol. The Labute approximate surface area is 111 Å². The first-order valence-electron chi connectivity index (χ1n) is 5.97. The second kappa shape index (κ2) is 7.31. The lowest BCUT2D eigenvalue weighted by molar-refractivity contribution is -0.141. The standard InChI is InChI=1S/C14H17NO4/c1-10-5-3-4-6-12(10)14(18)15-9-11(16)7-8-13(17)19-2/h3-6H,7-9H2,1-2H3,(H,15,18). The minimum atomic E-state index is -0.432. The molecular weight excluding hydrogens is 246 g/mol. The van der Waals surface area contributed by atoms with Gasteiger partial charge in [-0.2, -0.15) is 0 Å². The minimum absolute atomic E-state index is 0.0373. The van der Waals surface area contributed by atoms with Gasteiger partial charge >= 0.3 is 5.97 Å². The van der Waals surface area contributed by atoms with E-state index in [2.05, 4.69) is 10.1 Å². The van der Waals surface area contributed by atoms with Crippen molar-refractivity contribution in [3.63, 3.8) is 0 Å². The summed E-state index contributed by atoms with van der Waals surface area (Å²) in [6.07, 6.45) is 0.107. The van der Waals surface area contributed by atoms with Crippen LogP contribution in [0.3, 0.4) is 0 Å². The Kier molecular flexibility index (Phi) is 5.73. The molecule has 0 radical (unpaired) electrons. The number of rotatable bonds is 6. The molecule has 5 nitrogen and oxygen atoms in total. The quantitative estimate of drug-likeness (QED) is 0.784. The number of Topliss-reactive ketones (excluding diaryl/α,β-unsaturated/α-hetero) is 1. The van der Waals surface area contributed by atoms with Gasteiger partial charge in [-0.15, -0.1) is 0 Å². The maximum absolute atomic E-state index is 11.8. The Hall–Kier alpha value is -2.17. The summed E-state index contributed by atoms with van der Waals surface area (Å²) >= 11 is 0. The van der Waals surface area contributed by atoms with Crippen molar-refractivity contribution in [1.82, 2.24) is 5.32 Å². The smallest absolute Gasteiger partial charge is 0.305 e. The van der Waals surface area contributed by atoms with Gasteiger partial charge < -0.3 is 10.1 Å². The second-order valence-electron chi connectivity index (χ2n) is 4.11. The number of aryl methyl sites for hydroxylation is 1. The largest absolute Gasteiger partial charge is 0.469 e. The van der Waals surface area contributed by atoms with Crippen molar-refractivity contribution in [3.05, 3.63) is 35.4 Å². The van der Waals surface area contributed by atoms with Gasteiger partial charge in [0.05, 0.1) is 20.1 Å². The lowest BCUT2D eigenvalue weighted by atomic mass is 10.1. The lowest BCUT2D eigenvalue weighted by Crippen LogP contribution is -2.30. The number of carbonyl (C=O) groups is 3. The van der Waals surface area contributed by atoms with E-state index in [1.807, 2.05) is 19.1 Å². The van der Waals surface area contributed by atoms with E-state index in [0.717, 1.165) is 5.56 Å². The first-order valence-corrected chi connectivity index (χ1v) is 5.97. The van der Waals surface area contributed by atoms with E-state index in [1.165, 1.54) is 7.11 Å². The highest BCUT2D eigenvalue weighted by atomic mass is 16.5. The molecule has 0 atom stereocenters. The van der Waals surface area contributed by atoms with Crippen molar-refractivity contribution in [2.75, 3.05) is 13.7 Å². The molecule has 0 aliphatic carbocycles. The molecule has 0 aliphatic rings. The van der Waals surface area contributed by atoms with E-state index in [0.29, 0.717) is 5.56 Å². The molecule has 1 aromatic carbocycles. The predicted molar refractivity (Wildman–Crippen MR) is 69.8 cm³/mol. The Balaban J connectivity index is 2.40. The zero-order chi connectivity index (χ0) is 14.3. The highest BCUT2D eigenvalue weighted by Gasteiger charge is 2.11. The zero-order valence-electron chi connectivity index (χ0n) is 11.1. The molecule has 0 saturated carbocycles. The number of benzene rings is 1. The SMILES string of the molecule is COC(=O)CCC(=O)CNC(=O)c1ccccc1C. The first kappa shape index (κ1) is 14.9. The number of ether oxygens (including phenoxy) is 1. The lowest BCUT2D eigenvalue weighted by Gasteiger charge is -2.06. The van der Waals surface area contributed by atoms with Gasteiger partial charge in [0.2, 0.25) is 0 Å². The maximum atomic E-state index is 11.8. The summed E-state index contributed by atoms with van der Waals surface area (Å²) in [4.78, 5) is 34.1. The molecule has 0 heterocycles. The molecule has 1 aromatic rings. The van der Waals surface area contributed by atoms with Crippen LogP contribution >= 0.6 is 0 Å². The number of hydrogen-bond donors (Lipinski definition) is 1. The maximum Gasteiger partial charge on any atom is 0.305 e. The van der Waals surface area contributed by atoms with Gasteiger partial charge in [-0.05, 0) is 18.6 Å². The van der Waals surface area contributed by atoms with Crippen LogP contribution in [0.5, 0.6) is 0 Å². The number of hydrogen-bond acceptors (Lipinski definition) is 4. The van der Waals surface area contributed by atoms with Crippen molar-refractivity contribution in [1.29, 1.82) is 0 Å². The second-order valence-corrected chi connectivity index (χ2v) is 4.11. The molecule has 1 N–H and O–H groups in total. The number of amides is 1. The fourth-order valence-corrected chi connectivity index (χ4v) is 1.53. The van der Waals surface area contributed by atoms with Gasteiger partial charge in [-0.25, -0.2) is 0 Å². The number of methoxy groups -OCH3 is 1. The van der Waals surface area contributed by atoms with Crippen LogP contribution in [-0.2, 0) is 14.3 Å². The molecule has 0 bridgehead atoms. The minimum Gasteiger partial charge on any atom is -0.469 e. The van der Waals surface area contributed by atoms with Gasteiger partial charge in [-0.3, -0.25) is 14.4 Å². The summed E-state index contributed by atoms with van der Waals surface area (Å²) in [6, 6.07) is 7.13. The van der Waals surface area contributed by atoms with E-state index in [1.54, 1.807) is 12.1 Å². The highest BCUT2D eigenvalue weighted by Crippen LogP contribution is 2.06. The highest BCUT2D eigenvalue weighted by molar-refractivity contribution is 5.98. The van der Waals surface area contributed by atoms with Crippen molar-refractivity contribution in [3.8, 4) is 0 Å². The predicted octanol–water partition coefficient (Wildman–Crippen LogP) is 1.25. The number of ketones is 1. The van der Waals surface area contributed by atoms with Crippen LogP contribution < -0.4 is 5.32 Å². The number of nitrogens with one attached hydrogen (secondary N) is 1. The van der Waals surface area contributed by atoms with Crippen LogP contribution in [0.4, 0.5) is 0 Å². The van der Waals surface area contributed by atoms with Gasteiger partial charge in [-0.1, -0.05) is 18.2 Å². The average Bonchev–Trinajstić information content (AvgIpc) is 2.42. The summed E-state index contributed by atoms with van der Waals surface area (Å²) in [5, 5.41) is 2.54. The summed E-state index contributed by atoms with van der Waals surface area (Å²) in [6.45, 7) is 1.75. The van der Waals surface area contributed by atoms with Gasteiger partial charge in [0.15, 0.2) is 5.78 Å². The van der Waals surface area contributed by atoms with Gasteiger partial charge in [0.1, 0.15) is 0 Å². The monoisotopic (exact) mass is 263 g/mol. The molecule has 0 unspecified atom stereocenters. The summed E-state index contributed by atoms with van der Waals surface area (Å²) in [7, 11) is 1.27. The van der Waals surface area contributed by atoms with E-state index < -0.39 is 5.97 Å². The van der Waals surface area contributed by atoms with Gasteiger partial charge in [0, 0.05) is 12.0 Å². The molecule has 0 aromatic heterocycles. The Bertz CT molecular complexity index is 482. The normalized spacial score (nSPS) is 9.79. The van der Waals surface area contributed by atoms with E-state index in [-0.39, 0.29) is 31.1 Å². The molecule has 1 amide bonds. The fourth-order valence-electron chi connectivity index (χ4n) is 1.53. The third-order valence-electron chi connectivity index (χ3n) is 2.67. The molecular formula is C14H17NO4. The van der Waals surface area contributed by atoms with Crippen LogP contribution in [0.2, 0.25) is 0 Å². The van der Waals surface area contributed by atoms with E-state index >= 15 is 0 Å². The molecule has 0 aliphatic heterocycles. The van der Waals surface area contributed by atoms with E-state index in [9.17, 15) is 14.4 Å². The number of esters is 1. The Morgan fingerprint density at radius 3 is 2.47 bits per heavy atom. The summed E-state index contributed by atoms with van der Waals surface area (Å²) < 4.78 is 4.43. The summed E-state index contributed by atoms with van der Waals surface area (Å²) in [5.41, 5.74) is 1.39. The van der Waals surface area contributed by atoms with Crippen molar-refractivity contribution >= 4 is 17.7 Å². The zero-order valence-corrected chi connectivity index (χ0v) is 11.1. The van der Waals surface area contributed by atoms with E-state index in [4.69, 9.17) is 0 Å². The van der Waals surface area contributed by atoms with Crippen LogP contribution in [-0.4, -0.2) is 31.3 Å².